The molecule has 0 aliphatic rings. The molecule has 2 aromatic rings. The first kappa shape index (κ1) is 7.91. The molecule has 0 atom stereocenters. The number of hydrogen-bond acceptors (Lipinski definition) is 2. The minimum absolute atomic E-state index is 0.267. The summed E-state index contributed by atoms with van der Waals surface area (Å²) in [5.74, 6) is -0.267. The van der Waals surface area contributed by atoms with Crippen LogP contribution in [0.1, 0.15) is 5.69 Å². The summed E-state index contributed by atoms with van der Waals surface area (Å²) in [5, 5.41) is 7.60. The number of H-pyrrole nitrogens is 1. The minimum Gasteiger partial charge on any atom is -0.294 e. The summed E-state index contributed by atoms with van der Waals surface area (Å²) >= 11 is 0. The summed E-state index contributed by atoms with van der Waals surface area (Å²) in [7, 11) is 1.67. The Kier molecular flexibility index (Phi) is 1.81. The summed E-state index contributed by atoms with van der Waals surface area (Å²) in [6.45, 7) is 0. The molecule has 0 spiro atoms. The molecule has 0 saturated heterocycles. The standard InChI is InChI=1S/C9H8FN3/c1-11-5-9-7-3-2-6(10)4-8(7)12-13-9/h2-5H,1H3,(H,12,13)/b11-5+. The smallest absolute Gasteiger partial charge is 0.125 e. The average Bonchev–Trinajstić information content (AvgIpc) is 2.49. The number of halogens is 1. The third-order valence-electron chi connectivity index (χ3n) is 1.81. The summed E-state index contributed by atoms with van der Waals surface area (Å²) in [6, 6.07) is 4.51. The van der Waals surface area contributed by atoms with Crippen molar-refractivity contribution in [3.8, 4) is 0 Å². The van der Waals surface area contributed by atoms with Crippen LogP contribution in [0.15, 0.2) is 23.2 Å². The Morgan fingerprint density at radius 2 is 2.38 bits per heavy atom. The maximum absolute atomic E-state index is 12.8. The maximum atomic E-state index is 12.8. The molecule has 0 saturated carbocycles. The zero-order valence-electron chi connectivity index (χ0n) is 7.08. The van der Waals surface area contributed by atoms with Gasteiger partial charge >= 0.3 is 0 Å². The second kappa shape index (κ2) is 2.97. The van der Waals surface area contributed by atoms with Gasteiger partial charge in [-0.15, -0.1) is 0 Å². The van der Waals surface area contributed by atoms with Gasteiger partial charge in [0.1, 0.15) is 11.5 Å². The molecule has 1 heterocycles. The number of aliphatic imine (C=N–C) groups is 1. The normalized spacial score (nSPS) is 11.5. The van der Waals surface area contributed by atoms with E-state index in [1.807, 2.05) is 0 Å². The molecule has 4 heteroatoms. The molecular weight excluding hydrogens is 169 g/mol. The van der Waals surface area contributed by atoms with Crippen molar-refractivity contribution in [2.24, 2.45) is 4.99 Å². The average molecular weight is 177 g/mol. The molecule has 3 nitrogen and oxygen atoms in total. The highest BCUT2D eigenvalue weighted by Crippen LogP contribution is 2.15. The van der Waals surface area contributed by atoms with E-state index in [1.165, 1.54) is 12.1 Å². The van der Waals surface area contributed by atoms with Crippen molar-refractivity contribution in [2.45, 2.75) is 0 Å². The fourth-order valence-corrected chi connectivity index (χ4v) is 1.23. The lowest BCUT2D eigenvalue weighted by Gasteiger charge is -1.89. The zero-order chi connectivity index (χ0) is 9.26. The van der Waals surface area contributed by atoms with Gasteiger partial charge in [0.05, 0.1) is 5.52 Å². The van der Waals surface area contributed by atoms with Gasteiger partial charge in [0.2, 0.25) is 0 Å². The number of nitrogens with zero attached hydrogens (tertiary/aromatic N) is 2. The Labute approximate surface area is 74.3 Å². The number of hydrogen-bond donors (Lipinski definition) is 1. The van der Waals surface area contributed by atoms with Crippen LogP contribution in [0.2, 0.25) is 0 Å². The van der Waals surface area contributed by atoms with E-state index in [4.69, 9.17) is 0 Å². The second-order valence-corrected chi connectivity index (χ2v) is 2.69. The van der Waals surface area contributed by atoms with Crippen molar-refractivity contribution in [1.82, 2.24) is 10.2 Å². The Hall–Kier alpha value is -1.71. The SMILES string of the molecule is C/N=C/c1n[nH]c2cc(F)ccc12. The van der Waals surface area contributed by atoms with E-state index in [1.54, 1.807) is 19.3 Å². The monoisotopic (exact) mass is 177 g/mol. The molecule has 66 valence electrons. The number of nitrogens with one attached hydrogen (secondary N) is 1. The van der Waals surface area contributed by atoms with Crippen LogP contribution in [0.5, 0.6) is 0 Å². The van der Waals surface area contributed by atoms with Gasteiger partial charge in [0.15, 0.2) is 0 Å². The van der Waals surface area contributed by atoms with Crippen LogP contribution in [0, 0.1) is 5.82 Å². The molecular formula is C9H8FN3. The third kappa shape index (κ3) is 1.30. The van der Waals surface area contributed by atoms with E-state index >= 15 is 0 Å². The van der Waals surface area contributed by atoms with Crippen LogP contribution >= 0.6 is 0 Å². The minimum atomic E-state index is -0.267. The van der Waals surface area contributed by atoms with Crippen LogP contribution in [0.3, 0.4) is 0 Å². The van der Waals surface area contributed by atoms with Crippen molar-refractivity contribution in [1.29, 1.82) is 0 Å². The van der Waals surface area contributed by atoms with Gasteiger partial charge in [-0.05, 0) is 18.2 Å². The van der Waals surface area contributed by atoms with E-state index in [9.17, 15) is 4.39 Å². The van der Waals surface area contributed by atoms with Gasteiger partial charge in [-0.25, -0.2) is 4.39 Å². The first-order chi connectivity index (χ1) is 6.31. The van der Waals surface area contributed by atoms with Crippen molar-refractivity contribution >= 4 is 17.1 Å². The summed E-state index contributed by atoms with van der Waals surface area (Å²) in [5.41, 5.74) is 1.42. The van der Waals surface area contributed by atoms with Crippen molar-refractivity contribution in [2.75, 3.05) is 7.05 Å². The molecule has 0 unspecified atom stereocenters. The summed E-state index contributed by atoms with van der Waals surface area (Å²) in [4.78, 5) is 3.85. The molecule has 0 aliphatic carbocycles. The Balaban J connectivity index is 2.68. The molecule has 0 aliphatic heterocycles. The van der Waals surface area contributed by atoms with Crippen molar-refractivity contribution in [3.05, 3.63) is 29.7 Å². The molecule has 1 N–H and O–H groups in total. The highest BCUT2D eigenvalue weighted by molar-refractivity contribution is 5.96. The molecule has 1 aromatic heterocycles. The number of aromatic nitrogens is 2. The molecule has 1 aromatic carbocycles. The zero-order valence-corrected chi connectivity index (χ0v) is 7.08. The topological polar surface area (TPSA) is 41.0 Å². The lowest BCUT2D eigenvalue weighted by Crippen LogP contribution is -1.80. The van der Waals surface area contributed by atoms with E-state index in [0.717, 1.165) is 11.1 Å². The largest absolute Gasteiger partial charge is 0.294 e. The van der Waals surface area contributed by atoms with E-state index in [-0.39, 0.29) is 5.82 Å². The van der Waals surface area contributed by atoms with Crippen molar-refractivity contribution < 1.29 is 4.39 Å². The fourth-order valence-electron chi connectivity index (χ4n) is 1.23. The maximum Gasteiger partial charge on any atom is 0.125 e. The predicted octanol–water partition coefficient (Wildman–Crippen LogP) is 1.75. The molecule has 0 fully saturated rings. The molecule has 0 radical (unpaired) electrons. The van der Waals surface area contributed by atoms with Gasteiger partial charge in [-0.1, -0.05) is 0 Å². The van der Waals surface area contributed by atoms with Gasteiger partial charge in [0, 0.05) is 18.6 Å². The van der Waals surface area contributed by atoms with Crippen LogP contribution in [-0.4, -0.2) is 23.5 Å². The summed E-state index contributed by atoms with van der Waals surface area (Å²) < 4.78 is 12.8. The van der Waals surface area contributed by atoms with Crippen molar-refractivity contribution in [3.63, 3.8) is 0 Å². The highest BCUT2D eigenvalue weighted by atomic mass is 19.1. The number of fused-ring (bicyclic) bond motifs is 1. The summed E-state index contributed by atoms with van der Waals surface area (Å²) in [6.07, 6.45) is 1.64. The number of rotatable bonds is 1. The van der Waals surface area contributed by atoms with Gasteiger partial charge < -0.3 is 0 Å². The quantitative estimate of drug-likeness (QED) is 0.662. The number of benzene rings is 1. The highest BCUT2D eigenvalue weighted by Gasteiger charge is 2.02. The Morgan fingerprint density at radius 1 is 1.54 bits per heavy atom. The van der Waals surface area contributed by atoms with Gasteiger partial charge in [-0.3, -0.25) is 10.1 Å². The van der Waals surface area contributed by atoms with Crippen LogP contribution in [0.4, 0.5) is 4.39 Å². The second-order valence-electron chi connectivity index (χ2n) is 2.69. The molecule has 13 heavy (non-hydrogen) atoms. The lowest BCUT2D eigenvalue weighted by atomic mass is 10.2. The lowest BCUT2D eigenvalue weighted by molar-refractivity contribution is 0.629. The van der Waals surface area contributed by atoms with E-state index in [2.05, 4.69) is 15.2 Å². The van der Waals surface area contributed by atoms with Crippen LogP contribution in [0.25, 0.3) is 10.9 Å². The fraction of sp³-hybridized carbons (Fsp3) is 0.111. The Bertz CT molecular complexity index is 459. The first-order valence-electron chi connectivity index (χ1n) is 3.87. The van der Waals surface area contributed by atoms with Crippen LogP contribution in [-0.2, 0) is 0 Å². The molecule has 0 amide bonds. The Morgan fingerprint density at radius 3 is 3.15 bits per heavy atom. The predicted molar refractivity (Wildman–Crippen MR) is 49.6 cm³/mol. The molecule has 0 bridgehead atoms. The van der Waals surface area contributed by atoms with E-state index < -0.39 is 0 Å². The third-order valence-corrected chi connectivity index (χ3v) is 1.81. The molecule has 2 rings (SSSR count). The van der Waals surface area contributed by atoms with Gasteiger partial charge in [-0.2, -0.15) is 5.10 Å². The number of aromatic amines is 1. The van der Waals surface area contributed by atoms with Crippen LogP contribution < -0.4 is 0 Å². The van der Waals surface area contributed by atoms with Gasteiger partial charge in [0.25, 0.3) is 0 Å². The first-order valence-corrected chi connectivity index (χ1v) is 3.87. The van der Waals surface area contributed by atoms with E-state index in [0.29, 0.717) is 5.52 Å².